The standard InChI is InChI=1S/C13H17N5O/c1-3-10(9-7-15-18(2)8-9)17-13(19)11-5-4-6-12(14)16-11/h4-8,10H,3H2,1-2H3,(H2,14,16)(H,17,19)/t10-/m1/s1. The van der Waals surface area contributed by atoms with E-state index in [-0.39, 0.29) is 11.9 Å². The molecule has 0 unspecified atom stereocenters. The van der Waals surface area contributed by atoms with Gasteiger partial charge in [-0.2, -0.15) is 5.10 Å². The number of nitrogens with two attached hydrogens (primary N) is 1. The molecule has 3 N–H and O–H groups in total. The summed E-state index contributed by atoms with van der Waals surface area (Å²) in [5, 5.41) is 7.04. The minimum absolute atomic E-state index is 0.0792. The number of carbonyl (C=O) groups excluding carboxylic acids is 1. The smallest absolute Gasteiger partial charge is 0.270 e. The van der Waals surface area contributed by atoms with Crippen LogP contribution < -0.4 is 11.1 Å². The van der Waals surface area contributed by atoms with E-state index in [1.807, 2.05) is 20.2 Å². The molecule has 0 bridgehead atoms. The first-order valence-electron chi connectivity index (χ1n) is 6.12. The largest absolute Gasteiger partial charge is 0.384 e. The highest BCUT2D eigenvalue weighted by molar-refractivity contribution is 5.92. The van der Waals surface area contributed by atoms with Gasteiger partial charge in [0.05, 0.1) is 12.2 Å². The number of amides is 1. The second-order valence-electron chi connectivity index (χ2n) is 4.33. The lowest BCUT2D eigenvalue weighted by atomic mass is 10.1. The van der Waals surface area contributed by atoms with Gasteiger partial charge in [-0.25, -0.2) is 4.98 Å². The highest BCUT2D eigenvalue weighted by Crippen LogP contribution is 2.16. The number of nitrogen functional groups attached to an aromatic ring is 1. The third-order valence-electron chi connectivity index (χ3n) is 2.84. The molecule has 0 aliphatic carbocycles. The molecule has 0 aliphatic rings. The molecule has 0 aliphatic heterocycles. The van der Waals surface area contributed by atoms with Crippen molar-refractivity contribution in [1.29, 1.82) is 0 Å². The second kappa shape index (κ2) is 5.51. The van der Waals surface area contributed by atoms with Crippen molar-refractivity contribution >= 4 is 11.7 Å². The van der Waals surface area contributed by atoms with E-state index in [4.69, 9.17) is 5.73 Å². The summed E-state index contributed by atoms with van der Waals surface area (Å²) in [6, 6.07) is 4.92. The quantitative estimate of drug-likeness (QED) is 0.866. The number of aryl methyl sites for hydroxylation is 1. The molecule has 2 aromatic rings. The third-order valence-corrected chi connectivity index (χ3v) is 2.84. The molecule has 0 radical (unpaired) electrons. The molecular weight excluding hydrogens is 242 g/mol. The van der Waals surface area contributed by atoms with Crippen LogP contribution in [0, 0.1) is 0 Å². The average molecular weight is 259 g/mol. The Bertz CT molecular complexity index is 578. The Morgan fingerprint density at radius 1 is 1.53 bits per heavy atom. The van der Waals surface area contributed by atoms with Crippen LogP contribution in [0.25, 0.3) is 0 Å². The maximum absolute atomic E-state index is 12.1. The Morgan fingerprint density at radius 2 is 2.32 bits per heavy atom. The molecule has 2 rings (SSSR count). The molecule has 0 spiro atoms. The molecule has 1 atom stereocenters. The summed E-state index contributed by atoms with van der Waals surface area (Å²) in [6.07, 6.45) is 4.42. The van der Waals surface area contributed by atoms with Crippen molar-refractivity contribution in [3.05, 3.63) is 41.9 Å². The van der Waals surface area contributed by atoms with E-state index in [1.165, 1.54) is 0 Å². The van der Waals surface area contributed by atoms with E-state index in [0.717, 1.165) is 12.0 Å². The van der Waals surface area contributed by atoms with Crippen LogP contribution in [0.5, 0.6) is 0 Å². The number of rotatable bonds is 4. The van der Waals surface area contributed by atoms with Crippen molar-refractivity contribution in [1.82, 2.24) is 20.1 Å². The van der Waals surface area contributed by atoms with Gasteiger partial charge in [-0.15, -0.1) is 0 Å². The lowest BCUT2D eigenvalue weighted by Gasteiger charge is -2.15. The predicted molar refractivity (Wildman–Crippen MR) is 72.4 cm³/mol. The van der Waals surface area contributed by atoms with Crippen LogP contribution in [-0.4, -0.2) is 20.7 Å². The Morgan fingerprint density at radius 3 is 2.89 bits per heavy atom. The van der Waals surface area contributed by atoms with Gasteiger partial charge in [-0.3, -0.25) is 9.48 Å². The summed E-state index contributed by atoms with van der Waals surface area (Å²) in [7, 11) is 1.84. The molecule has 2 heterocycles. The number of aromatic nitrogens is 3. The van der Waals surface area contributed by atoms with Gasteiger partial charge in [0, 0.05) is 18.8 Å². The van der Waals surface area contributed by atoms with E-state index in [2.05, 4.69) is 15.4 Å². The minimum atomic E-state index is -0.233. The summed E-state index contributed by atoms with van der Waals surface area (Å²) in [5.41, 5.74) is 6.87. The van der Waals surface area contributed by atoms with Crippen LogP contribution in [0.15, 0.2) is 30.6 Å². The highest BCUT2D eigenvalue weighted by atomic mass is 16.1. The van der Waals surface area contributed by atoms with Gasteiger partial charge in [0.15, 0.2) is 0 Å². The summed E-state index contributed by atoms with van der Waals surface area (Å²) in [6.45, 7) is 2.00. The maximum Gasteiger partial charge on any atom is 0.270 e. The monoisotopic (exact) mass is 259 g/mol. The van der Waals surface area contributed by atoms with Gasteiger partial charge in [0.1, 0.15) is 11.5 Å². The summed E-state index contributed by atoms with van der Waals surface area (Å²) in [4.78, 5) is 16.1. The van der Waals surface area contributed by atoms with Gasteiger partial charge in [0.25, 0.3) is 5.91 Å². The van der Waals surface area contributed by atoms with Crippen molar-refractivity contribution in [2.45, 2.75) is 19.4 Å². The fourth-order valence-electron chi connectivity index (χ4n) is 1.85. The number of anilines is 1. The predicted octanol–water partition coefficient (Wildman–Crippen LogP) is 1.28. The molecule has 6 nitrogen and oxygen atoms in total. The summed E-state index contributed by atoms with van der Waals surface area (Å²) < 4.78 is 1.71. The van der Waals surface area contributed by atoms with E-state index in [9.17, 15) is 4.79 Å². The SMILES string of the molecule is CC[C@@H](NC(=O)c1cccc(N)n1)c1cnn(C)c1. The Balaban J connectivity index is 2.12. The van der Waals surface area contributed by atoms with Crippen molar-refractivity contribution in [2.24, 2.45) is 7.05 Å². The molecule has 0 saturated heterocycles. The fourth-order valence-corrected chi connectivity index (χ4v) is 1.85. The lowest BCUT2D eigenvalue weighted by molar-refractivity contribution is 0.0930. The normalized spacial score (nSPS) is 12.1. The molecule has 2 aromatic heterocycles. The lowest BCUT2D eigenvalue weighted by Crippen LogP contribution is -2.28. The zero-order valence-corrected chi connectivity index (χ0v) is 11.0. The Kier molecular flexibility index (Phi) is 3.79. The molecule has 19 heavy (non-hydrogen) atoms. The topological polar surface area (TPSA) is 85.8 Å². The molecule has 0 saturated carbocycles. The van der Waals surface area contributed by atoms with Crippen molar-refractivity contribution in [2.75, 3.05) is 5.73 Å². The molecule has 0 aromatic carbocycles. The number of carbonyl (C=O) groups is 1. The number of nitrogens with zero attached hydrogens (tertiary/aromatic N) is 3. The molecule has 6 heteroatoms. The molecule has 100 valence electrons. The third kappa shape index (κ3) is 3.09. The van der Waals surface area contributed by atoms with E-state index in [1.54, 1.807) is 29.1 Å². The van der Waals surface area contributed by atoms with Crippen LogP contribution in [0.2, 0.25) is 0 Å². The number of pyridine rings is 1. The first-order valence-corrected chi connectivity index (χ1v) is 6.12. The first kappa shape index (κ1) is 13.1. The number of nitrogens with one attached hydrogen (secondary N) is 1. The van der Waals surface area contributed by atoms with E-state index >= 15 is 0 Å². The first-order chi connectivity index (χ1) is 9.10. The van der Waals surface area contributed by atoms with Gasteiger partial charge >= 0.3 is 0 Å². The second-order valence-corrected chi connectivity index (χ2v) is 4.33. The van der Waals surface area contributed by atoms with E-state index in [0.29, 0.717) is 11.5 Å². The summed E-state index contributed by atoms with van der Waals surface area (Å²) >= 11 is 0. The fraction of sp³-hybridized carbons (Fsp3) is 0.308. The molecular formula is C13H17N5O. The van der Waals surface area contributed by atoms with Crippen LogP contribution in [0.3, 0.4) is 0 Å². The van der Waals surface area contributed by atoms with Crippen LogP contribution in [-0.2, 0) is 7.05 Å². The Hall–Kier alpha value is -2.37. The molecule has 0 fully saturated rings. The minimum Gasteiger partial charge on any atom is -0.384 e. The molecule has 1 amide bonds. The maximum atomic E-state index is 12.1. The van der Waals surface area contributed by atoms with Gasteiger partial charge in [-0.1, -0.05) is 13.0 Å². The van der Waals surface area contributed by atoms with Crippen LogP contribution >= 0.6 is 0 Å². The highest BCUT2D eigenvalue weighted by Gasteiger charge is 2.16. The van der Waals surface area contributed by atoms with Gasteiger partial charge in [0.2, 0.25) is 0 Å². The van der Waals surface area contributed by atoms with E-state index < -0.39 is 0 Å². The van der Waals surface area contributed by atoms with Gasteiger partial charge in [-0.05, 0) is 18.6 Å². The Labute approximate surface area is 111 Å². The zero-order valence-electron chi connectivity index (χ0n) is 11.0. The van der Waals surface area contributed by atoms with Crippen molar-refractivity contribution < 1.29 is 4.79 Å². The average Bonchev–Trinajstić information content (AvgIpc) is 2.82. The van der Waals surface area contributed by atoms with Crippen molar-refractivity contribution in [3.63, 3.8) is 0 Å². The van der Waals surface area contributed by atoms with Crippen LogP contribution in [0.1, 0.15) is 35.4 Å². The van der Waals surface area contributed by atoms with Crippen molar-refractivity contribution in [3.8, 4) is 0 Å². The number of hydrogen-bond donors (Lipinski definition) is 2. The van der Waals surface area contributed by atoms with Crippen LogP contribution in [0.4, 0.5) is 5.82 Å². The zero-order chi connectivity index (χ0) is 13.8. The van der Waals surface area contributed by atoms with Gasteiger partial charge < -0.3 is 11.1 Å². The number of hydrogen-bond acceptors (Lipinski definition) is 4. The summed E-state index contributed by atoms with van der Waals surface area (Å²) in [5.74, 6) is 0.102.